The smallest absolute Gasteiger partial charge is 0.350 e. The second-order valence-electron chi connectivity index (χ2n) is 6.06. The highest BCUT2D eigenvalue weighted by Gasteiger charge is 2.18. The van der Waals surface area contributed by atoms with Crippen LogP contribution in [0, 0.1) is 6.92 Å². The summed E-state index contributed by atoms with van der Waals surface area (Å²) in [5.41, 5.74) is 2.43. The number of ketones is 1. The van der Waals surface area contributed by atoms with E-state index in [0.717, 1.165) is 10.6 Å². The Kier molecular flexibility index (Phi) is 5.96. The molecule has 0 bridgehead atoms. The zero-order chi connectivity index (χ0) is 20.1. The van der Waals surface area contributed by atoms with Crippen LogP contribution in [0.1, 0.15) is 32.6 Å². The average molecular weight is 394 g/mol. The van der Waals surface area contributed by atoms with E-state index >= 15 is 0 Å². The Bertz CT molecular complexity index is 1030. The summed E-state index contributed by atoms with van der Waals surface area (Å²) in [6.45, 7) is 2.75. The minimum Gasteiger partial charge on any atom is -0.451 e. The number of aromatic nitrogens is 1. The average Bonchev–Trinajstić information content (AvgIpc) is 3.09. The summed E-state index contributed by atoms with van der Waals surface area (Å²) in [6, 6.07) is 16.1. The van der Waals surface area contributed by atoms with Crippen LogP contribution in [0.3, 0.4) is 0 Å². The number of rotatable bonds is 6. The largest absolute Gasteiger partial charge is 0.451 e. The van der Waals surface area contributed by atoms with Gasteiger partial charge in [0.15, 0.2) is 12.4 Å². The van der Waals surface area contributed by atoms with Crippen LogP contribution < -0.4 is 5.32 Å². The van der Waals surface area contributed by atoms with Crippen LogP contribution in [0.25, 0.3) is 10.6 Å². The number of benzene rings is 2. The molecule has 0 spiro atoms. The number of hydrogen-bond donors (Lipinski definition) is 1. The minimum absolute atomic E-state index is 0.0996. The molecule has 0 atom stereocenters. The predicted molar refractivity (Wildman–Crippen MR) is 108 cm³/mol. The molecule has 6 nitrogen and oxygen atoms in total. The monoisotopic (exact) mass is 394 g/mol. The van der Waals surface area contributed by atoms with Crippen LogP contribution in [0.4, 0.5) is 5.69 Å². The molecule has 0 aliphatic rings. The van der Waals surface area contributed by atoms with Gasteiger partial charge in [-0.15, -0.1) is 11.3 Å². The van der Waals surface area contributed by atoms with E-state index in [0.29, 0.717) is 21.8 Å². The Morgan fingerprint density at radius 2 is 1.82 bits per heavy atom. The van der Waals surface area contributed by atoms with Crippen molar-refractivity contribution in [1.82, 2.24) is 4.98 Å². The van der Waals surface area contributed by atoms with Gasteiger partial charge < -0.3 is 10.1 Å². The molecule has 0 unspecified atom stereocenters. The summed E-state index contributed by atoms with van der Waals surface area (Å²) in [4.78, 5) is 40.6. The lowest BCUT2D eigenvalue weighted by Gasteiger charge is -2.07. The number of nitrogens with one attached hydrogen (secondary N) is 1. The maximum absolute atomic E-state index is 12.3. The van der Waals surface area contributed by atoms with Crippen LogP contribution in [0.2, 0.25) is 0 Å². The SMILES string of the molecule is CC(=O)c1cccc(NC(=O)COC(=O)c2sc(-c3ccccc3)nc2C)c1. The van der Waals surface area contributed by atoms with E-state index in [4.69, 9.17) is 4.74 Å². The number of carbonyl (C=O) groups excluding carboxylic acids is 3. The van der Waals surface area contributed by atoms with Crippen LogP contribution in [-0.4, -0.2) is 29.3 Å². The van der Waals surface area contributed by atoms with Crippen molar-refractivity contribution < 1.29 is 19.1 Å². The first-order chi connectivity index (χ1) is 13.4. The lowest BCUT2D eigenvalue weighted by Crippen LogP contribution is -2.21. The second kappa shape index (κ2) is 8.58. The summed E-state index contributed by atoms with van der Waals surface area (Å²) < 4.78 is 5.12. The Balaban J connectivity index is 1.61. The van der Waals surface area contributed by atoms with Crippen molar-refractivity contribution in [1.29, 1.82) is 0 Å². The van der Waals surface area contributed by atoms with E-state index in [-0.39, 0.29) is 5.78 Å². The summed E-state index contributed by atoms with van der Waals surface area (Å²) >= 11 is 1.23. The number of amides is 1. The normalized spacial score (nSPS) is 10.4. The predicted octanol–water partition coefficient (Wildman–Crippen LogP) is 4.12. The zero-order valence-electron chi connectivity index (χ0n) is 15.4. The van der Waals surface area contributed by atoms with Gasteiger partial charge in [0.1, 0.15) is 9.88 Å². The van der Waals surface area contributed by atoms with E-state index in [2.05, 4.69) is 10.3 Å². The van der Waals surface area contributed by atoms with Crippen molar-refractivity contribution in [3.05, 3.63) is 70.7 Å². The lowest BCUT2D eigenvalue weighted by molar-refractivity contribution is -0.119. The molecular weight excluding hydrogens is 376 g/mol. The molecule has 142 valence electrons. The molecule has 0 radical (unpaired) electrons. The number of anilines is 1. The van der Waals surface area contributed by atoms with E-state index in [9.17, 15) is 14.4 Å². The van der Waals surface area contributed by atoms with Crippen molar-refractivity contribution in [3.8, 4) is 10.6 Å². The van der Waals surface area contributed by atoms with Crippen molar-refractivity contribution in [2.24, 2.45) is 0 Å². The maximum Gasteiger partial charge on any atom is 0.350 e. The van der Waals surface area contributed by atoms with E-state index in [1.54, 1.807) is 31.2 Å². The molecule has 28 heavy (non-hydrogen) atoms. The third-order valence-electron chi connectivity index (χ3n) is 3.89. The number of carbonyl (C=O) groups is 3. The number of nitrogens with zero attached hydrogens (tertiary/aromatic N) is 1. The lowest BCUT2D eigenvalue weighted by atomic mass is 10.1. The maximum atomic E-state index is 12.3. The van der Waals surface area contributed by atoms with Crippen molar-refractivity contribution in [2.45, 2.75) is 13.8 Å². The van der Waals surface area contributed by atoms with E-state index in [1.807, 2.05) is 30.3 Å². The Morgan fingerprint density at radius 1 is 1.07 bits per heavy atom. The molecule has 3 aromatic rings. The fraction of sp³-hybridized carbons (Fsp3) is 0.143. The Morgan fingerprint density at radius 3 is 2.54 bits per heavy atom. The Hall–Kier alpha value is -3.32. The summed E-state index contributed by atoms with van der Waals surface area (Å²) in [6.07, 6.45) is 0. The molecule has 1 heterocycles. The highest BCUT2D eigenvalue weighted by Crippen LogP contribution is 2.28. The quantitative estimate of drug-likeness (QED) is 0.502. The molecule has 0 aliphatic heterocycles. The third-order valence-corrected chi connectivity index (χ3v) is 5.08. The van der Waals surface area contributed by atoms with E-state index in [1.165, 1.54) is 18.3 Å². The first-order valence-electron chi connectivity index (χ1n) is 8.55. The van der Waals surface area contributed by atoms with Gasteiger partial charge >= 0.3 is 5.97 Å². The topological polar surface area (TPSA) is 85.4 Å². The Labute approximate surface area is 166 Å². The number of Topliss-reactive ketones (excluding diaryl/α,β-unsaturated/α-hetero) is 1. The van der Waals surface area contributed by atoms with Crippen molar-refractivity contribution in [2.75, 3.05) is 11.9 Å². The van der Waals surface area contributed by atoms with Crippen LogP contribution in [0.15, 0.2) is 54.6 Å². The third kappa shape index (κ3) is 4.69. The van der Waals surface area contributed by atoms with Crippen LogP contribution in [-0.2, 0) is 9.53 Å². The van der Waals surface area contributed by atoms with Gasteiger partial charge in [-0.1, -0.05) is 42.5 Å². The number of thiazole rings is 1. The van der Waals surface area contributed by atoms with Gasteiger partial charge in [-0.3, -0.25) is 9.59 Å². The number of ether oxygens (including phenoxy) is 1. The zero-order valence-corrected chi connectivity index (χ0v) is 16.2. The van der Waals surface area contributed by atoms with Gasteiger partial charge in [-0.25, -0.2) is 9.78 Å². The van der Waals surface area contributed by atoms with E-state index < -0.39 is 18.5 Å². The molecule has 7 heteroatoms. The number of esters is 1. The number of aryl methyl sites for hydroxylation is 1. The molecule has 3 rings (SSSR count). The van der Waals surface area contributed by atoms with Gasteiger partial charge in [-0.05, 0) is 26.0 Å². The van der Waals surface area contributed by atoms with Gasteiger partial charge in [0.25, 0.3) is 5.91 Å². The van der Waals surface area contributed by atoms with Gasteiger partial charge in [-0.2, -0.15) is 0 Å². The molecule has 1 aromatic heterocycles. The fourth-order valence-corrected chi connectivity index (χ4v) is 3.47. The molecule has 1 amide bonds. The molecule has 1 N–H and O–H groups in total. The summed E-state index contributed by atoms with van der Waals surface area (Å²) in [5.74, 6) is -1.18. The molecule has 0 aliphatic carbocycles. The van der Waals surface area contributed by atoms with Crippen LogP contribution in [0.5, 0.6) is 0 Å². The first-order valence-corrected chi connectivity index (χ1v) is 9.36. The highest BCUT2D eigenvalue weighted by atomic mass is 32.1. The fourth-order valence-electron chi connectivity index (χ4n) is 2.50. The van der Waals surface area contributed by atoms with Gasteiger partial charge in [0, 0.05) is 16.8 Å². The molecule has 0 saturated heterocycles. The van der Waals surface area contributed by atoms with Crippen LogP contribution >= 0.6 is 11.3 Å². The van der Waals surface area contributed by atoms with Crippen molar-refractivity contribution in [3.63, 3.8) is 0 Å². The second-order valence-corrected chi connectivity index (χ2v) is 7.06. The van der Waals surface area contributed by atoms with Gasteiger partial charge in [0.2, 0.25) is 0 Å². The molecule has 0 saturated carbocycles. The molecular formula is C21H18N2O4S. The molecule has 0 fully saturated rings. The number of hydrogen-bond acceptors (Lipinski definition) is 6. The summed E-state index contributed by atoms with van der Waals surface area (Å²) in [5, 5.41) is 3.33. The van der Waals surface area contributed by atoms with Crippen molar-refractivity contribution >= 4 is 34.7 Å². The standard InChI is InChI=1S/C21H18N2O4S/c1-13-19(28-20(22-13)15-7-4-3-5-8-15)21(26)27-12-18(25)23-17-10-6-9-16(11-17)14(2)24/h3-11H,12H2,1-2H3,(H,23,25). The highest BCUT2D eigenvalue weighted by molar-refractivity contribution is 7.17. The van der Waals surface area contributed by atoms with Gasteiger partial charge in [0.05, 0.1) is 5.69 Å². The summed E-state index contributed by atoms with van der Waals surface area (Å²) in [7, 11) is 0. The first kappa shape index (κ1) is 19.4. The molecule has 2 aromatic carbocycles. The minimum atomic E-state index is -0.593.